The molecule has 0 heterocycles. The number of methoxy groups -OCH3 is 1. The first kappa shape index (κ1) is 15.2. The van der Waals surface area contributed by atoms with Crippen molar-refractivity contribution in [2.24, 2.45) is 5.92 Å². The molecule has 2 rings (SSSR count). The van der Waals surface area contributed by atoms with E-state index in [-0.39, 0.29) is 0 Å². The fourth-order valence-electron chi connectivity index (χ4n) is 3.15. The molecule has 1 aliphatic rings. The molecule has 1 saturated carbocycles. The fraction of sp³-hybridized carbons (Fsp3) is 0.647. The molecule has 1 aromatic rings. The number of rotatable bonds is 7. The molecule has 0 saturated heterocycles. The SMILES string of the molecule is CCCNC1CCCC1CN(C)c1ccc(OC)cc1. The Kier molecular flexibility index (Phi) is 5.72. The molecule has 0 spiro atoms. The van der Waals surface area contributed by atoms with Crippen molar-refractivity contribution in [3.63, 3.8) is 0 Å². The van der Waals surface area contributed by atoms with Crippen LogP contribution < -0.4 is 15.0 Å². The van der Waals surface area contributed by atoms with Crippen molar-refractivity contribution >= 4 is 5.69 Å². The number of hydrogen-bond donors (Lipinski definition) is 1. The van der Waals surface area contributed by atoms with Gasteiger partial charge in [0.25, 0.3) is 0 Å². The van der Waals surface area contributed by atoms with Gasteiger partial charge in [0.15, 0.2) is 0 Å². The van der Waals surface area contributed by atoms with Gasteiger partial charge in [0.1, 0.15) is 5.75 Å². The summed E-state index contributed by atoms with van der Waals surface area (Å²) in [6, 6.07) is 9.06. The first-order valence-electron chi connectivity index (χ1n) is 7.83. The second-order valence-electron chi connectivity index (χ2n) is 5.83. The van der Waals surface area contributed by atoms with Crippen LogP contribution in [0.25, 0.3) is 0 Å². The van der Waals surface area contributed by atoms with Crippen molar-refractivity contribution in [1.82, 2.24) is 5.32 Å². The van der Waals surface area contributed by atoms with E-state index >= 15 is 0 Å². The van der Waals surface area contributed by atoms with E-state index in [0.29, 0.717) is 6.04 Å². The number of benzene rings is 1. The highest BCUT2D eigenvalue weighted by Crippen LogP contribution is 2.28. The lowest BCUT2D eigenvalue weighted by Crippen LogP contribution is -2.38. The van der Waals surface area contributed by atoms with Gasteiger partial charge in [-0.3, -0.25) is 0 Å². The van der Waals surface area contributed by atoms with Crippen molar-refractivity contribution in [1.29, 1.82) is 0 Å². The third-order valence-corrected chi connectivity index (χ3v) is 4.34. The second kappa shape index (κ2) is 7.53. The van der Waals surface area contributed by atoms with E-state index in [1.54, 1.807) is 7.11 Å². The maximum absolute atomic E-state index is 5.22. The number of hydrogen-bond acceptors (Lipinski definition) is 3. The third-order valence-electron chi connectivity index (χ3n) is 4.34. The minimum absolute atomic E-state index is 0.704. The Morgan fingerprint density at radius 2 is 2.00 bits per heavy atom. The zero-order chi connectivity index (χ0) is 14.4. The van der Waals surface area contributed by atoms with Crippen LogP contribution in [-0.4, -0.2) is 33.3 Å². The van der Waals surface area contributed by atoms with Crippen LogP contribution in [0.5, 0.6) is 5.75 Å². The van der Waals surface area contributed by atoms with E-state index in [0.717, 1.165) is 24.8 Å². The lowest BCUT2D eigenvalue weighted by Gasteiger charge is -2.28. The molecule has 0 amide bonds. The van der Waals surface area contributed by atoms with Gasteiger partial charge in [-0.05, 0) is 56.0 Å². The van der Waals surface area contributed by atoms with E-state index < -0.39 is 0 Å². The third kappa shape index (κ3) is 3.89. The topological polar surface area (TPSA) is 24.5 Å². The molecular weight excluding hydrogens is 248 g/mol. The smallest absolute Gasteiger partial charge is 0.119 e. The van der Waals surface area contributed by atoms with Crippen molar-refractivity contribution in [2.45, 2.75) is 38.6 Å². The molecule has 3 nitrogen and oxygen atoms in total. The maximum Gasteiger partial charge on any atom is 0.119 e. The van der Waals surface area contributed by atoms with Gasteiger partial charge in [-0.2, -0.15) is 0 Å². The summed E-state index contributed by atoms with van der Waals surface area (Å²) in [5.74, 6) is 1.69. The van der Waals surface area contributed by atoms with Gasteiger partial charge in [-0.15, -0.1) is 0 Å². The zero-order valence-corrected chi connectivity index (χ0v) is 13.1. The fourth-order valence-corrected chi connectivity index (χ4v) is 3.15. The quantitative estimate of drug-likeness (QED) is 0.827. The van der Waals surface area contributed by atoms with Crippen LogP contribution in [0.15, 0.2) is 24.3 Å². The number of ether oxygens (including phenoxy) is 1. The largest absolute Gasteiger partial charge is 0.497 e. The van der Waals surface area contributed by atoms with Crippen molar-refractivity contribution in [3.05, 3.63) is 24.3 Å². The van der Waals surface area contributed by atoms with Gasteiger partial charge in [-0.1, -0.05) is 13.3 Å². The Balaban J connectivity index is 1.90. The first-order chi connectivity index (χ1) is 9.74. The van der Waals surface area contributed by atoms with Crippen LogP contribution in [-0.2, 0) is 0 Å². The minimum Gasteiger partial charge on any atom is -0.497 e. The summed E-state index contributed by atoms with van der Waals surface area (Å²) >= 11 is 0. The number of nitrogens with zero attached hydrogens (tertiary/aromatic N) is 1. The molecule has 0 aliphatic heterocycles. The molecule has 1 fully saturated rings. The van der Waals surface area contributed by atoms with Crippen molar-refractivity contribution in [3.8, 4) is 5.75 Å². The molecule has 2 atom stereocenters. The van der Waals surface area contributed by atoms with Crippen LogP contribution in [0, 0.1) is 5.92 Å². The molecular formula is C17H28N2O. The van der Waals surface area contributed by atoms with E-state index in [4.69, 9.17) is 4.74 Å². The Morgan fingerprint density at radius 1 is 1.25 bits per heavy atom. The van der Waals surface area contributed by atoms with Gasteiger partial charge >= 0.3 is 0 Å². The molecule has 0 radical (unpaired) electrons. The molecule has 20 heavy (non-hydrogen) atoms. The van der Waals surface area contributed by atoms with Gasteiger partial charge in [0.05, 0.1) is 7.11 Å². The molecule has 0 bridgehead atoms. The highest BCUT2D eigenvalue weighted by molar-refractivity contribution is 5.48. The number of anilines is 1. The van der Waals surface area contributed by atoms with Crippen LogP contribution in [0.1, 0.15) is 32.6 Å². The molecule has 1 N–H and O–H groups in total. The Morgan fingerprint density at radius 3 is 2.65 bits per heavy atom. The predicted octanol–water partition coefficient (Wildman–Crippen LogP) is 3.30. The summed E-state index contributed by atoms with van der Waals surface area (Å²) in [5, 5.41) is 3.71. The van der Waals surface area contributed by atoms with Crippen LogP contribution in [0.2, 0.25) is 0 Å². The molecule has 1 aliphatic carbocycles. The highest BCUT2D eigenvalue weighted by atomic mass is 16.5. The normalized spacial score (nSPS) is 21.9. The second-order valence-corrected chi connectivity index (χ2v) is 5.83. The van der Waals surface area contributed by atoms with E-state index in [9.17, 15) is 0 Å². The maximum atomic E-state index is 5.22. The average molecular weight is 276 g/mol. The zero-order valence-electron chi connectivity index (χ0n) is 13.1. The lowest BCUT2D eigenvalue weighted by molar-refractivity contribution is 0.403. The standard InChI is InChI=1S/C17H28N2O/c1-4-12-18-17-7-5-6-14(17)13-19(2)15-8-10-16(20-3)11-9-15/h8-11,14,17-18H,4-7,12-13H2,1-3H3. The first-order valence-corrected chi connectivity index (χ1v) is 7.83. The summed E-state index contributed by atoms with van der Waals surface area (Å²) in [5.41, 5.74) is 1.27. The van der Waals surface area contributed by atoms with Crippen LogP contribution in [0.3, 0.4) is 0 Å². The summed E-state index contributed by atoms with van der Waals surface area (Å²) in [4.78, 5) is 2.37. The van der Waals surface area contributed by atoms with Gasteiger partial charge in [0, 0.05) is 25.3 Å². The molecule has 1 aromatic carbocycles. The van der Waals surface area contributed by atoms with Gasteiger partial charge in [-0.25, -0.2) is 0 Å². The molecule has 112 valence electrons. The summed E-state index contributed by atoms with van der Waals surface area (Å²) in [6.07, 6.45) is 5.27. The monoisotopic (exact) mass is 276 g/mol. The highest BCUT2D eigenvalue weighted by Gasteiger charge is 2.27. The Labute approximate surface area is 123 Å². The van der Waals surface area contributed by atoms with Crippen molar-refractivity contribution < 1.29 is 4.74 Å². The minimum atomic E-state index is 0.704. The van der Waals surface area contributed by atoms with E-state index in [2.05, 4.69) is 36.3 Å². The molecule has 0 aromatic heterocycles. The summed E-state index contributed by atoms with van der Waals surface area (Å²) in [6.45, 7) is 4.52. The molecule has 3 heteroatoms. The molecule has 2 unspecified atom stereocenters. The van der Waals surface area contributed by atoms with E-state index in [1.165, 1.54) is 31.4 Å². The van der Waals surface area contributed by atoms with E-state index in [1.807, 2.05) is 12.1 Å². The average Bonchev–Trinajstić information content (AvgIpc) is 2.92. The Bertz CT molecular complexity index is 390. The van der Waals surface area contributed by atoms with Gasteiger partial charge in [0.2, 0.25) is 0 Å². The van der Waals surface area contributed by atoms with Crippen molar-refractivity contribution in [2.75, 3.05) is 32.1 Å². The summed E-state index contributed by atoms with van der Waals surface area (Å²) < 4.78 is 5.22. The Hall–Kier alpha value is -1.22. The van der Waals surface area contributed by atoms with Crippen LogP contribution >= 0.6 is 0 Å². The van der Waals surface area contributed by atoms with Crippen LogP contribution in [0.4, 0.5) is 5.69 Å². The predicted molar refractivity (Wildman–Crippen MR) is 85.7 cm³/mol. The number of nitrogens with one attached hydrogen (secondary N) is 1. The summed E-state index contributed by atoms with van der Waals surface area (Å²) in [7, 11) is 3.90. The lowest BCUT2D eigenvalue weighted by atomic mass is 10.0. The van der Waals surface area contributed by atoms with Gasteiger partial charge < -0.3 is 15.0 Å².